The van der Waals surface area contributed by atoms with E-state index >= 15 is 0 Å². The summed E-state index contributed by atoms with van der Waals surface area (Å²) in [4.78, 5) is 33.1. The van der Waals surface area contributed by atoms with E-state index in [0.29, 0.717) is 0 Å². The fraction of sp³-hybridized carbons (Fsp3) is 0.263. The number of primary amides is 1. The molecule has 0 spiro atoms. The number of aromatic nitrogens is 2. The maximum atomic E-state index is 12.4. The smallest absolute Gasteiger partial charge is 0.318 e. The number of hydrogen-bond donors (Lipinski definition) is 2. The van der Waals surface area contributed by atoms with E-state index in [1.807, 2.05) is 20.8 Å². The Hall–Kier alpha value is -2.45. The van der Waals surface area contributed by atoms with E-state index in [9.17, 15) is 9.59 Å². The summed E-state index contributed by atoms with van der Waals surface area (Å²) >= 11 is 2.87. The average Bonchev–Trinajstić information content (AvgIpc) is 3.04. The van der Waals surface area contributed by atoms with Crippen LogP contribution < -0.4 is 11.1 Å². The van der Waals surface area contributed by atoms with Crippen molar-refractivity contribution in [3.05, 3.63) is 41.5 Å². The standard InChI is InChI=1S/C19H20N4O2S2/c1-10(2)15(16(24)23-19(20)25)27-18-14-13(8-26-17(14)21-9-22-18)12-6-4-11(3)5-7-12/h4-10,15H,1-3H3,(H3,20,23,24,25)/t15-/m1/s1. The molecule has 3 aromatic rings. The van der Waals surface area contributed by atoms with Crippen LogP contribution in [0.5, 0.6) is 0 Å². The van der Waals surface area contributed by atoms with Crippen LogP contribution in [0.1, 0.15) is 19.4 Å². The molecule has 0 saturated heterocycles. The number of aryl methyl sites for hydroxylation is 1. The Kier molecular flexibility index (Phi) is 5.76. The molecule has 0 saturated carbocycles. The first-order chi connectivity index (χ1) is 12.9. The van der Waals surface area contributed by atoms with Gasteiger partial charge in [0.15, 0.2) is 0 Å². The number of nitrogens with two attached hydrogens (primary N) is 1. The molecule has 1 atom stereocenters. The summed E-state index contributed by atoms with van der Waals surface area (Å²) in [7, 11) is 0. The topological polar surface area (TPSA) is 98.0 Å². The number of carbonyl (C=O) groups is 2. The van der Waals surface area contributed by atoms with Crippen LogP contribution in [0.4, 0.5) is 4.79 Å². The number of thiophene rings is 1. The molecular weight excluding hydrogens is 380 g/mol. The van der Waals surface area contributed by atoms with Gasteiger partial charge in [0.05, 0.1) is 10.6 Å². The summed E-state index contributed by atoms with van der Waals surface area (Å²) in [6, 6.07) is 7.41. The molecule has 1 aromatic carbocycles. The number of fused-ring (bicyclic) bond motifs is 1. The molecule has 3 rings (SSSR count). The van der Waals surface area contributed by atoms with Crippen molar-refractivity contribution in [3.63, 3.8) is 0 Å². The number of hydrogen-bond acceptors (Lipinski definition) is 6. The lowest BCUT2D eigenvalue weighted by Crippen LogP contribution is -2.42. The van der Waals surface area contributed by atoms with Gasteiger partial charge < -0.3 is 5.73 Å². The van der Waals surface area contributed by atoms with E-state index in [2.05, 4.69) is 44.9 Å². The summed E-state index contributed by atoms with van der Waals surface area (Å²) in [5, 5.41) is 5.38. The number of urea groups is 1. The average molecular weight is 401 g/mol. The lowest BCUT2D eigenvalue weighted by molar-refractivity contribution is -0.120. The van der Waals surface area contributed by atoms with Gasteiger partial charge >= 0.3 is 6.03 Å². The van der Waals surface area contributed by atoms with Crippen LogP contribution >= 0.6 is 23.1 Å². The molecule has 0 radical (unpaired) electrons. The third-order valence-corrected chi connectivity index (χ3v) is 6.48. The normalized spacial score (nSPS) is 12.3. The minimum absolute atomic E-state index is 0.0131. The summed E-state index contributed by atoms with van der Waals surface area (Å²) in [6.07, 6.45) is 1.50. The van der Waals surface area contributed by atoms with E-state index in [4.69, 9.17) is 5.73 Å². The first kappa shape index (κ1) is 19.3. The molecule has 2 heterocycles. The van der Waals surface area contributed by atoms with Crippen molar-refractivity contribution in [1.29, 1.82) is 0 Å². The van der Waals surface area contributed by atoms with Crippen LogP contribution in [0.25, 0.3) is 21.3 Å². The number of nitrogens with one attached hydrogen (secondary N) is 1. The predicted octanol–water partition coefficient (Wildman–Crippen LogP) is 3.98. The highest BCUT2D eigenvalue weighted by molar-refractivity contribution is 8.00. The van der Waals surface area contributed by atoms with Crippen LogP contribution in [0.15, 0.2) is 41.0 Å². The second-order valence-electron chi connectivity index (χ2n) is 6.51. The molecule has 6 nitrogen and oxygen atoms in total. The summed E-state index contributed by atoms with van der Waals surface area (Å²) < 4.78 is 0. The first-order valence-electron chi connectivity index (χ1n) is 8.43. The van der Waals surface area contributed by atoms with Crippen molar-refractivity contribution in [3.8, 4) is 11.1 Å². The zero-order valence-electron chi connectivity index (χ0n) is 15.2. The van der Waals surface area contributed by atoms with Crippen molar-refractivity contribution >= 4 is 45.3 Å². The second-order valence-corrected chi connectivity index (χ2v) is 8.50. The van der Waals surface area contributed by atoms with Crippen molar-refractivity contribution in [2.24, 2.45) is 11.7 Å². The maximum absolute atomic E-state index is 12.4. The number of imide groups is 1. The Morgan fingerprint density at radius 1 is 1.19 bits per heavy atom. The molecule has 0 bridgehead atoms. The summed E-state index contributed by atoms with van der Waals surface area (Å²) in [5.41, 5.74) is 8.41. The van der Waals surface area contributed by atoms with E-state index < -0.39 is 17.2 Å². The Morgan fingerprint density at radius 3 is 2.52 bits per heavy atom. The highest BCUT2D eigenvalue weighted by Gasteiger charge is 2.27. The van der Waals surface area contributed by atoms with Crippen LogP contribution in [0.3, 0.4) is 0 Å². The van der Waals surface area contributed by atoms with Crippen molar-refractivity contribution in [2.75, 3.05) is 0 Å². The minimum atomic E-state index is -0.852. The zero-order valence-corrected chi connectivity index (χ0v) is 16.9. The highest BCUT2D eigenvalue weighted by atomic mass is 32.2. The lowest BCUT2D eigenvalue weighted by atomic mass is 10.1. The van der Waals surface area contributed by atoms with E-state index in [-0.39, 0.29) is 5.92 Å². The number of carbonyl (C=O) groups excluding carboxylic acids is 2. The third kappa shape index (κ3) is 4.28. The van der Waals surface area contributed by atoms with Gasteiger partial charge in [-0.2, -0.15) is 0 Å². The first-order valence-corrected chi connectivity index (χ1v) is 10.2. The summed E-state index contributed by atoms with van der Waals surface area (Å²) in [5.74, 6) is -0.429. The van der Waals surface area contributed by atoms with Gasteiger partial charge in [0.1, 0.15) is 16.2 Å². The van der Waals surface area contributed by atoms with Crippen LogP contribution in [-0.4, -0.2) is 27.2 Å². The maximum Gasteiger partial charge on any atom is 0.318 e. The third-order valence-electron chi connectivity index (χ3n) is 4.05. The Labute approximate surface area is 165 Å². The molecule has 0 unspecified atom stereocenters. The van der Waals surface area contributed by atoms with Gasteiger partial charge in [-0.1, -0.05) is 55.4 Å². The van der Waals surface area contributed by atoms with Gasteiger partial charge in [-0.15, -0.1) is 11.3 Å². The molecule has 8 heteroatoms. The minimum Gasteiger partial charge on any atom is -0.351 e. The Balaban J connectivity index is 2.03. The van der Waals surface area contributed by atoms with Crippen molar-refractivity contribution in [1.82, 2.24) is 15.3 Å². The molecule has 3 amide bonds. The van der Waals surface area contributed by atoms with E-state index in [1.54, 1.807) is 11.3 Å². The number of nitrogens with zero attached hydrogens (tertiary/aromatic N) is 2. The van der Waals surface area contributed by atoms with E-state index in [1.165, 1.54) is 23.7 Å². The number of thioether (sulfide) groups is 1. The van der Waals surface area contributed by atoms with Gasteiger partial charge in [-0.3, -0.25) is 10.1 Å². The van der Waals surface area contributed by atoms with Gasteiger partial charge in [-0.05, 0) is 18.4 Å². The van der Waals surface area contributed by atoms with Crippen molar-refractivity contribution in [2.45, 2.75) is 31.0 Å². The Bertz CT molecular complexity index is 983. The second kappa shape index (κ2) is 8.06. The quantitative estimate of drug-likeness (QED) is 0.499. The van der Waals surface area contributed by atoms with Crippen LogP contribution in [0.2, 0.25) is 0 Å². The Morgan fingerprint density at radius 2 is 1.89 bits per heavy atom. The number of amides is 3. The lowest BCUT2D eigenvalue weighted by Gasteiger charge is -2.18. The summed E-state index contributed by atoms with van der Waals surface area (Å²) in [6.45, 7) is 5.89. The van der Waals surface area contributed by atoms with Crippen LogP contribution in [0, 0.1) is 12.8 Å². The molecule has 0 fully saturated rings. The molecule has 2 aromatic heterocycles. The van der Waals surface area contributed by atoms with Crippen molar-refractivity contribution < 1.29 is 9.59 Å². The highest BCUT2D eigenvalue weighted by Crippen LogP contribution is 2.40. The molecule has 0 aliphatic rings. The van der Waals surface area contributed by atoms with Gasteiger partial charge in [0.2, 0.25) is 5.91 Å². The molecule has 0 aliphatic carbocycles. The molecule has 0 aliphatic heterocycles. The number of benzene rings is 1. The fourth-order valence-corrected chi connectivity index (χ4v) is 4.78. The number of rotatable bonds is 5. The zero-order chi connectivity index (χ0) is 19.6. The van der Waals surface area contributed by atoms with E-state index in [0.717, 1.165) is 26.4 Å². The van der Waals surface area contributed by atoms with Gasteiger partial charge in [0, 0.05) is 10.9 Å². The fourth-order valence-electron chi connectivity index (χ4n) is 2.69. The van der Waals surface area contributed by atoms with Gasteiger partial charge in [-0.25, -0.2) is 14.8 Å². The molecule has 3 N–H and O–H groups in total. The van der Waals surface area contributed by atoms with Gasteiger partial charge in [0.25, 0.3) is 0 Å². The largest absolute Gasteiger partial charge is 0.351 e. The molecular formula is C19H20N4O2S2. The SMILES string of the molecule is Cc1ccc(-c2csc3ncnc(S[C@@H](C(=O)NC(N)=O)C(C)C)c23)cc1. The monoisotopic (exact) mass is 400 g/mol. The molecule has 27 heavy (non-hydrogen) atoms. The molecule has 140 valence electrons. The predicted molar refractivity (Wildman–Crippen MR) is 110 cm³/mol. The van der Waals surface area contributed by atoms with Crippen LogP contribution in [-0.2, 0) is 4.79 Å².